The number of anilines is 1. The zero-order valence-corrected chi connectivity index (χ0v) is 14.2. The lowest BCUT2D eigenvalue weighted by Crippen LogP contribution is -2.40. The van der Waals surface area contributed by atoms with Crippen LogP contribution in [-0.4, -0.2) is 36.1 Å². The van der Waals surface area contributed by atoms with Crippen LogP contribution in [0.25, 0.3) is 11.0 Å². The van der Waals surface area contributed by atoms with Gasteiger partial charge in [-0.3, -0.25) is 10.1 Å². The van der Waals surface area contributed by atoms with Crippen molar-refractivity contribution < 1.29 is 19.2 Å². The van der Waals surface area contributed by atoms with Crippen LogP contribution >= 0.6 is 0 Å². The second-order valence-corrected chi connectivity index (χ2v) is 5.73. The number of imidazole rings is 1. The lowest BCUT2D eigenvalue weighted by Gasteiger charge is -2.05. The molecule has 1 heterocycles. The molecule has 0 amide bonds. The van der Waals surface area contributed by atoms with Crippen LogP contribution in [0.5, 0.6) is 5.75 Å². The molecular formula is C19H22N3O3+. The van der Waals surface area contributed by atoms with Crippen LogP contribution in [0, 0.1) is 0 Å². The molecule has 0 spiro atoms. The van der Waals surface area contributed by atoms with E-state index in [1.54, 1.807) is 31.4 Å². The number of aliphatic hydroxyl groups is 1. The van der Waals surface area contributed by atoms with Crippen molar-refractivity contribution in [2.45, 2.75) is 13.0 Å². The summed E-state index contributed by atoms with van der Waals surface area (Å²) in [6.07, 6.45) is 0.641. The van der Waals surface area contributed by atoms with Crippen LogP contribution in [-0.2, 0) is 6.54 Å². The second-order valence-electron chi connectivity index (χ2n) is 5.73. The number of nitrogens with one attached hydrogen (secondary N) is 2. The van der Waals surface area contributed by atoms with Crippen molar-refractivity contribution in [3.05, 3.63) is 54.1 Å². The molecule has 3 N–H and O–H groups in total. The number of ether oxygens (including phenoxy) is 1. The summed E-state index contributed by atoms with van der Waals surface area (Å²) in [6.45, 7) is 0.968. The fourth-order valence-electron chi connectivity index (χ4n) is 2.73. The molecule has 1 aromatic heterocycles. The standard InChI is InChI=1S/C19H21N3O3/c1-25-15-9-7-14(8-10-15)18(24)13-22-17-6-3-2-5-16(17)21-19(22)20-11-4-12-23/h2-3,5-10,23H,4,11-13H2,1H3,(H,20,21)/p+1. The number of para-hydroxylation sites is 2. The molecule has 6 heteroatoms. The Morgan fingerprint density at radius 1 is 1.20 bits per heavy atom. The Labute approximate surface area is 146 Å². The fraction of sp³-hybridized carbons (Fsp3) is 0.263. The first-order valence-corrected chi connectivity index (χ1v) is 8.25. The van der Waals surface area contributed by atoms with Crippen molar-refractivity contribution in [3.8, 4) is 5.75 Å². The summed E-state index contributed by atoms with van der Waals surface area (Å²) in [4.78, 5) is 16.0. The minimum Gasteiger partial charge on any atom is -0.497 e. The number of fused-ring (bicyclic) bond motifs is 1. The maximum Gasteiger partial charge on any atom is 0.356 e. The molecule has 0 saturated heterocycles. The van der Waals surface area contributed by atoms with Crippen molar-refractivity contribution in [2.24, 2.45) is 0 Å². The van der Waals surface area contributed by atoms with Gasteiger partial charge < -0.3 is 9.84 Å². The van der Waals surface area contributed by atoms with Gasteiger partial charge in [-0.1, -0.05) is 12.1 Å². The maximum absolute atomic E-state index is 12.7. The molecule has 6 nitrogen and oxygen atoms in total. The van der Waals surface area contributed by atoms with Gasteiger partial charge in [0.2, 0.25) is 0 Å². The Morgan fingerprint density at radius 3 is 2.68 bits per heavy atom. The number of benzene rings is 2. The number of ketones is 1. The monoisotopic (exact) mass is 340 g/mol. The molecule has 0 aliphatic carbocycles. The highest BCUT2D eigenvalue weighted by Crippen LogP contribution is 2.15. The first kappa shape index (κ1) is 17.0. The van der Waals surface area contributed by atoms with Gasteiger partial charge in [0.05, 0.1) is 13.7 Å². The predicted molar refractivity (Wildman–Crippen MR) is 96.0 cm³/mol. The molecule has 0 fully saturated rings. The van der Waals surface area contributed by atoms with E-state index >= 15 is 0 Å². The molecule has 0 aliphatic rings. The van der Waals surface area contributed by atoms with Crippen LogP contribution in [0.3, 0.4) is 0 Å². The molecule has 2 aromatic carbocycles. The number of hydrogen-bond acceptors (Lipinski definition) is 4. The number of aromatic nitrogens is 2. The molecule has 0 aliphatic heterocycles. The first-order valence-electron chi connectivity index (χ1n) is 8.25. The number of nitrogens with zero attached hydrogens (tertiary/aromatic N) is 1. The Bertz CT molecular complexity index is 856. The Balaban J connectivity index is 1.87. The number of Topliss-reactive ketones (excluding diaryl/α,β-unsaturated/α-hetero) is 1. The van der Waals surface area contributed by atoms with E-state index in [-0.39, 0.29) is 18.9 Å². The summed E-state index contributed by atoms with van der Waals surface area (Å²) in [6, 6.07) is 15.0. The number of aliphatic hydroxyl groups excluding tert-OH is 1. The van der Waals surface area contributed by atoms with E-state index in [0.717, 1.165) is 22.7 Å². The highest BCUT2D eigenvalue weighted by Gasteiger charge is 2.20. The minimum absolute atomic E-state index is 0.0163. The summed E-state index contributed by atoms with van der Waals surface area (Å²) in [5.41, 5.74) is 2.55. The highest BCUT2D eigenvalue weighted by atomic mass is 16.5. The van der Waals surface area contributed by atoms with Crippen LogP contribution in [0.2, 0.25) is 0 Å². The highest BCUT2D eigenvalue weighted by molar-refractivity contribution is 5.95. The van der Waals surface area contributed by atoms with E-state index < -0.39 is 0 Å². The second kappa shape index (κ2) is 7.81. The Morgan fingerprint density at radius 2 is 1.96 bits per heavy atom. The summed E-state index contributed by atoms with van der Waals surface area (Å²) < 4.78 is 7.06. The summed E-state index contributed by atoms with van der Waals surface area (Å²) in [5, 5.41) is 12.2. The van der Waals surface area contributed by atoms with E-state index in [2.05, 4.69) is 10.3 Å². The van der Waals surface area contributed by atoms with Crippen LogP contribution < -0.4 is 14.6 Å². The zero-order chi connectivity index (χ0) is 17.6. The van der Waals surface area contributed by atoms with Gasteiger partial charge in [0, 0.05) is 18.6 Å². The van der Waals surface area contributed by atoms with Gasteiger partial charge >= 0.3 is 5.95 Å². The van der Waals surface area contributed by atoms with E-state index in [4.69, 9.17) is 9.84 Å². The lowest BCUT2D eigenvalue weighted by molar-refractivity contribution is -0.642. The van der Waals surface area contributed by atoms with E-state index in [0.29, 0.717) is 18.5 Å². The summed E-state index contributed by atoms with van der Waals surface area (Å²) in [5.74, 6) is 1.50. The first-order chi connectivity index (χ1) is 12.2. The van der Waals surface area contributed by atoms with Gasteiger partial charge in [-0.15, -0.1) is 0 Å². The largest absolute Gasteiger partial charge is 0.497 e. The third kappa shape index (κ3) is 3.80. The molecule has 0 bridgehead atoms. The fourth-order valence-corrected chi connectivity index (χ4v) is 2.73. The van der Waals surface area contributed by atoms with Crippen LogP contribution in [0.4, 0.5) is 5.95 Å². The van der Waals surface area contributed by atoms with Crippen molar-refractivity contribution in [3.63, 3.8) is 0 Å². The number of carbonyl (C=O) groups excluding carboxylic acids is 1. The molecule has 130 valence electrons. The Hall–Kier alpha value is -2.86. The molecule has 3 rings (SSSR count). The molecule has 0 saturated carbocycles. The topological polar surface area (TPSA) is 78.2 Å². The molecule has 25 heavy (non-hydrogen) atoms. The number of hydrogen-bond donors (Lipinski definition) is 3. The number of H-pyrrole nitrogens is 1. The van der Waals surface area contributed by atoms with Crippen molar-refractivity contribution in [1.29, 1.82) is 0 Å². The number of carbonyl (C=O) groups is 1. The van der Waals surface area contributed by atoms with Crippen molar-refractivity contribution >= 4 is 22.8 Å². The smallest absolute Gasteiger partial charge is 0.356 e. The lowest BCUT2D eigenvalue weighted by atomic mass is 10.1. The predicted octanol–water partition coefficient (Wildman–Crippen LogP) is 2.14. The normalized spacial score (nSPS) is 10.8. The van der Waals surface area contributed by atoms with Crippen LogP contribution in [0.15, 0.2) is 48.5 Å². The van der Waals surface area contributed by atoms with Crippen LogP contribution in [0.1, 0.15) is 16.8 Å². The Kier molecular flexibility index (Phi) is 5.30. The molecule has 0 unspecified atom stereocenters. The van der Waals surface area contributed by atoms with Gasteiger partial charge in [0.1, 0.15) is 23.3 Å². The van der Waals surface area contributed by atoms with E-state index in [1.165, 1.54) is 0 Å². The van der Waals surface area contributed by atoms with Gasteiger partial charge in [-0.05, 0) is 36.4 Å². The minimum atomic E-state index is 0.0163. The van der Waals surface area contributed by atoms with Gasteiger partial charge in [0.25, 0.3) is 0 Å². The third-order valence-corrected chi connectivity index (χ3v) is 4.06. The van der Waals surface area contributed by atoms with Crippen molar-refractivity contribution in [2.75, 3.05) is 25.6 Å². The molecule has 3 aromatic rings. The SMILES string of the molecule is COc1ccc(C(=O)C[n+]2c(NCCCO)[nH]c3ccccc32)cc1. The molecule has 0 radical (unpaired) electrons. The van der Waals surface area contributed by atoms with Crippen molar-refractivity contribution in [1.82, 2.24) is 4.98 Å². The average Bonchev–Trinajstić information content (AvgIpc) is 2.99. The van der Waals surface area contributed by atoms with E-state index in [9.17, 15) is 4.79 Å². The van der Waals surface area contributed by atoms with E-state index in [1.807, 2.05) is 28.8 Å². The van der Waals surface area contributed by atoms with Gasteiger partial charge in [0.15, 0.2) is 5.78 Å². The number of aromatic amines is 1. The number of methoxy groups -OCH3 is 1. The van der Waals surface area contributed by atoms with Gasteiger partial charge in [-0.25, -0.2) is 9.55 Å². The average molecular weight is 340 g/mol. The summed E-state index contributed by atoms with van der Waals surface area (Å²) >= 11 is 0. The zero-order valence-electron chi connectivity index (χ0n) is 14.2. The molecular weight excluding hydrogens is 318 g/mol. The summed E-state index contributed by atoms with van der Waals surface area (Å²) in [7, 11) is 1.60. The third-order valence-electron chi connectivity index (χ3n) is 4.06. The number of rotatable bonds is 8. The quantitative estimate of drug-likeness (QED) is 0.333. The maximum atomic E-state index is 12.7. The van der Waals surface area contributed by atoms with Gasteiger partial charge in [-0.2, -0.15) is 0 Å². The molecule has 0 atom stereocenters.